The monoisotopic (exact) mass is 348 g/mol. The molecule has 0 aliphatic rings. The van der Waals surface area contributed by atoms with Gasteiger partial charge in [0, 0.05) is 10.2 Å². The van der Waals surface area contributed by atoms with Crippen molar-refractivity contribution in [1.29, 1.82) is 0 Å². The zero-order valence-electron chi connectivity index (χ0n) is 12.8. The molecule has 112 valence electrons. The molecule has 0 unspecified atom stereocenters. The van der Waals surface area contributed by atoms with E-state index >= 15 is 0 Å². The van der Waals surface area contributed by atoms with Gasteiger partial charge in [0.1, 0.15) is 0 Å². The number of nitrogens with zero attached hydrogens (tertiary/aromatic N) is 2. The van der Waals surface area contributed by atoms with Crippen LogP contribution in [-0.2, 0) is 6.42 Å². The highest BCUT2D eigenvalue weighted by molar-refractivity contribution is 9.10. The van der Waals surface area contributed by atoms with Crippen LogP contribution in [-0.4, -0.2) is 15.7 Å². The Hall–Kier alpha value is -1.42. The minimum Gasteiger partial charge on any atom is -0.267 e. The summed E-state index contributed by atoms with van der Waals surface area (Å²) in [5.74, 6) is -0.0789. The molecule has 0 N–H and O–H groups in total. The van der Waals surface area contributed by atoms with Gasteiger partial charge in [-0.05, 0) is 60.3 Å². The minimum atomic E-state index is -0.0789. The number of halogens is 1. The van der Waals surface area contributed by atoms with Gasteiger partial charge >= 0.3 is 0 Å². The molecular weight excluding hydrogens is 328 g/mol. The van der Waals surface area contributed by atoms with E-state index in [0.29, 0.717) is 5.56 Å². The smallest absolute Gasteiger partial charge is 0.267 e. The summed E-state index contributed by atoms with van der Waals surface area (Å²) in [6.07, 6.45) is 4.55. The number of hydrogen-bond donors (Lipinski definition) is 0. The average Bonchev–Trinajstić information content (AvgIpc) is 2.75. The lowest BCUT2D eigenvalue weighted by atomic mass is 10.1. The number of hydrogen-bond acceptors (Lipinski definition) is 2. The fraction of sp³-hybridized carbons (Fsp3) is 0.412. The number of carbonyl (C=O) groups is 1. The van der Waals surface area contributed by atoms with Gasteiger partial charge in [-0.25, -0.2) is 4.68 Å². The first-order valence-electron chi connectivity index (χ1n) is 7.40. The van der Waals surface area contributed by atoms with Gasteiger partial charge in [-0.1, -0.05) is 31.9 Å². The van der Waals surface area contributed by atoms with Crippen LogP contribution in [0.1, 0.15) is 53.5 Å². The average molecular weight is 349 g/mol. The second-order valence-corrected chi connectivity index (χ2v) is 6.16. The molecule has 2 aromatic rings. The molecule has 0 saturated heterocycles. The topological polar surface area (TPSA) is 34.9 Å². The summed E-state index contributed by atoms with van der Waals surface area (Å²) in [4.78, 5) is 12.7. The molecular formula is C17H21BrN2O. The van der Waals surface area contributed by atoms with Gasteiger partial charge in [-0.3, -0.25) is 4.79 Å². The highest BCUT2D eigenvalue weighted by atomic mass is 79.9. The maximum Gasteiger partial charge on any atom is 0.279 e. The van der Waals surface area contributed by atoms with E-state index in [1.54, 1.807) is 0 Å². The van der Waals surface area contributed by atoms with Gasteiger partial charge in [0.2, 0.25) is 0 Å². The Labute approximate surface area is 134 Å². The van der Waals surface area contributed by atoms with Gasteiger partial charge in [-0.2, -0.15) is 5.10 Å². The molecule has 0 amide bonds. The van der Waals surface area contributed by atoms with Crippen LogP contribution in [0.2, 0.25) is 0 Å². The Morgan fingerprint density at radius 1 is 1.24 bits per heavy atom. The van der Waals surface area contributed by atoms with Crippen LogP contribution in [0.15, 0.2) is 28.7 Å². The molecule has 21 heavy (non-hydrogen) atoms. The van der Waals surface area contributed by atoms with Crippen molar-refractivity contribution in [3.63, 3.8) is 0 Å². The molecule has 0 saturated carbocycles. The minimum absolute atomic E-state index is 0.0789. The van der Waals surface area contributed by atoms with E-state index in [9.17, 15) is 4.79 Å². The second-order valence-electron chi connectivity index (χ2n) is 5.30. The lowest BCUT2D eigenvalue weighted by Gasteiger charge is -2.06. The first-order chi connectivity index (χ1) is 10.1. The van der Waals surface area contributed by atoms with Gasteiger partial charge < -0.3 is 0 Å². The molecule has 0 fully saturated rings. The fourth-order valence-corrected chi connectivity index (χ4v) is 2.99. The molecule has 3 nitrogen and oxygen atoms in total. The maximum absolute atomic E-state index is 12.7. The Kier molecular flexibility index (Phi) is 5.34. The molecule has 0 aliphatic heterocycles. The first-order valence-corrected chi connectivity index (χ1v) is 8.19. The summed E-state index contributed by atoms with van der Waals surface area (Å²) in [6.45, 7) is 6.16. The van der Waals surface area contributed by atoms with Crippen molar-refractivity contribution in [3.8, 4) is 0 Å². The van der Waals surface area contributed by atoms with Crippen LogP contribution < -0.4 is 0 Å². The number of aryl methyl sites for hydroxylation is 1. The molecule has 0 atom stereocenters. The van der Waals surface area contributed by atoms with Crippen LogP contribution >= 0.6 is 15.9 Å². The summed E-state index contributed by atoms with van der Waals surface area (Å²) >= 11 is 3.43. The summed E-state index contributed by atoms with van der Waals surface area (Å²) in [5, 5.41) is 4.45. The van der Waals surface area contributed by atoms with Gasteiger partial charge in [-0.15, -0.1) is 0 Å². The van der Waals surface area contributed by atoms with Crippen LogP contribution in [0.4, 0.5) is 0 Å². The van der Waals surface area contributed by atoms with Crippen molar-refractivity contribution in [2.45, 2.75) is 46.5 Å². The summed E-state index contributed by atoms with van der Waals surface area (Å²) in [6, 6.07) is 7.46. The summed E-state index contributed by atoms with van der Waals surface area (Å²) < 4.78 is 2.34. The third kappa shape index (κ3) is 3.43. The van der Waals surface area contributed by atoms with Crippen molar-refractivity contribution in [2.24, 2.45) is 0 Å². The zero-order valence-corrected chi connectivity index (χ0v) is 14.4. The highest BCUT2D eigenvalue weighted by Crippen LogP contribution is 2.21. The van der Waals surface area contributed by atoms with Gasteiger partial charge in [0.25, 0.3) is 5.91 Å². The Morgan fingerprint density at radius 3 is 2.62 bits per heavy atom. The molecule has 0 bridgehead atoms. The third-order valence-electron chi connectivity index (χ3n) is 3.77. The van der Waals surface area contributed by atoms with Crippen molar-refractivity contribution < 1.29 is 4.79 Å². The van der Waals surface area contributed by atoms with E-state index in [4.69, 9.17) is 0 Å². The predicted molar refractivity (Wildman–Crippen MR) is 88.8 cm³/mol. The van der Waals surface area contributed by atoms with Crippen LogP contribution in [0.25, 0.3) is 0 Å². The number of carbonyl (C=O) groups excluding carboxylic acids is 1. The van der Waals surface area contributed by atoms with Crippen LogP contribution in [0.5, 0.6) is 0 Å². The van der Waals surface area contributed by atoms with Crippen molar-refractivity contribution in [3.05, 3.63) is 51.3 Å². The number of benzene rings is 1. The predicted octanol–water partition coefficient (Wildman–Crippen LogP) is 4.68. The second kappa shape index (κ2) is 7.03. The Morgan fingerprint density at radius 2 is 1.95 bits per heavy atom. The van der Waals surface area contributed by atoms with Gasteiger partial charge in [0.05, 0.1) is 11.3 Å². The van der Waals surface area contributed by atoms with E-state index < -0.39 is 0 Å². The number of rotatable bonds is 5. The van der Waals surface area contributed by atoms with E-state index in [-0.39, 0.29) is 5.91 Å². The zero-order chi connectivity index (χ0) is 15.4. The molecule has 4 heteroatoms. The largest absolute Gasteiger partial charge is 0.279 e. The number of aromatic nitrogens is 2. The van der Waals surface area contributed by atoms with Crippen molar-refractivity contribution in [2.75, 3.05) is 0 Å². The third-order valence-corrected chi connectivity index (χ3v) is 4.46. The first kappa shape index (κ1) is 16.0. The normalized spacial score (nSPS) is 10.9. The summed E-state index contributed by atoms with van der Waals surface area (Å²) in [5.41, 5.74) is 3.78. The van der Waals surface area contributed by atoms with E-state index in [1.165, 1.54) is 23.1 Å². The molecule has 1 heterocycles. The Balaban J connectivity index is 2.31. The molecule has 1 aromatic heterocycles. The van der Waals surface area contributed by atoms with Gasteiger partial charge in [0.15, 0.2) is 0 Å². The lowest BCUT2D eigenvalue weighted by Crippen LogP contribution is -2.16. The van der Waals surface area contributed by atoms with E-state index in [2.05, 4.69) is 28.0 Å². The van der Waals surface area contributed by atoms with Crippen molar-refractivity contribution in [1.82, 2.24) is 9.78 Å². The fourth-order valence-electron chi connectivity index (χ4n) is 2.54. The SMILES string of the molecule is CCCCCc1c(C)nn(C(=O)c2ccccc2Br)c1C. The number of unbranched alkanes of at least 4 members (excludes halogenated alkanes) is 2. The van der Waals surface area contributed by atoms with Crippen LogP contribution in [0.3, 0.4) is 0 Å². The molecule has 0 spiro atoms. The van der Waals surface area contributed by atoms with Crippen molar-refractivity contribution >= 4 is 21.8 Å². The standard InChI is InChI=1S/C17H21BrN2O/c1-4-5-6-9-14-12(2)19-20(13(14)3)17(21)15-10-7-8-11-16(15)18/h7-8,10-11H,4-6,9H2,1-3H3. The molecule has 0 aliphatic carbocycles. The molecule has 1 aromatic carbocycles. The molecule has 0 radical (unpaired) electrons. The Bertz CT molecular complexity index is 646. The quantitative estimate of drug-likeness (QED) is 0.735. The maximum atomic E-state index is 12.7. The summed E-state index contributed by atoms with van der Waals surface area (Å²) in [7, 11) is 0. The van der Waals surface area contributed by atoms with E-state index in [0.717, 1.165) is 28.7 Å². The lowest BCUT2D eigenvalue weighted by molar-refractivity contribution is 0.0941. The van der Waals surface area contributed by atoms with E-state index in [1.807, 2.05) is 38.1 Å². The van der Waals surface area contributed by atoms with Crippen LogP contribution in [0, 0.1) is 13.8 Å². The molecule has 2 rings (SSSR count). The highest BCUT2D eigenvalue weighted by Gasteiger charge is 2.19.